The van der Waals surface area contributed by atoms with Crippen LogP contribution in [0.25, 0.3) is 16.2 Å². The zero-order chi connectivity index (χ0) is 18.3. The number of thiazole rings is 1. The number of aromatic nitrogens is 2. The number of halogens is 2. The summed E-state index contributed by atoms with van der Waals surface area (Å²) in [7, 11) is -4.31. The van der Waals surface area contributed by atoms with Crippen molar-refractivity contribution in [1.82, 2.24) is 9.38 Å². The van der Waals surface area contributed by atoms with Crippen molar-refractivity contribution in [3.05, 3.63) is 71.9 Å². The number of rotatable bonds is 4. The number of imidazole rings is 1. The normalized spacial score (nSPS) is 11.8. The number of fused-ring (bicyclic) bond motifs is 1. The van der Waals surface area contributed by atoms with Gasteiger partial charge in [0, 0.05) is 23.3 Å². The van der Waals surface area contributed by atoms with E-state index in [9.17, 15) is 17.2 Å². The number of sulfonamides is 1. The van der Waals surface area contributed by atoms with Gasteiger partial charge in [-0.2, -0.15) is 0 Å². The lowest BCUT2D eigenvalue weighted by Gasteiger charge is -2.12. The summed E-state index contributed by atoms with van der Waals surface area (Å²) in [6.07, 6.45) is 3.60. The van der Waals surface area contributed by atoms with E-state index in [0.717, 1.165) is 17.1 Å². The Morgan fingerprint density at radius 1 is 1.12 bits per heavy atom. The van der Waals surface area contributed by atoms with Crippen LogP contribution in [0.1, 0.15) is 0 Å². The number of anilines is 1. The van der Waals surface area contributed by atoms with E-state index in [1.807, 2.05) is 16.0 Å². The molecule has 4 rings (SSSR count). The molecule has 0 aliphatic rings. The highest BCUT2D eigenvalue weighted by Crippen LogP contribution is 2.30. The average Bonchev–Trinajstić information content (AvgIpc) is 3.19. The van der Waals surface area contributed by atoms with Crippen molar-refractivity contribution in [2.45, 2.75) is 4.90 Å². The molecule has 0 amide bonds. The molecule has 0 unspecified atom stereocenters. The first-order chi connectivity index (χ1) is 12.4. The second kappa shape index (κ2) is 6.19. The molecule has 9 heteroatoms. The molecule has 0 bridgehead atoms. The van der Waals surface area contributed by atoms with Crippen LogP contribution >= 0.6 is 11.3 Å². The molecule has 0 saturated heterocycles. The minimum Gasteiger partial charge on any atom is -0.297 e. The van der Waals surface area contributed by atoms with Crippen LogP contribution in [-0.2, 0) is 10.0 Å². The molecule has 2 heterocycles. The smallest absolute Gasteiger partial charge is 0.264 e. The molecule has 0 aliphatic carbocycles. The maximum Gasteiger partial charge on any atom is 0.264 e. The summed E-state index contributed by atoms with van der Waals surface area (Å²) < 4.78 is 56.5. The van der Waals surface area contributed by atoms with Crippen molar-refractivity contribution < 1.29 is 17.2 Å². The molecular weight excluding hydrogens is 380 g/mol. The van der Waals surface area contributed by atoms with Gasteiger partial charge in [0.25, 0.3) is 10.0 Å². The zero-order valence-corrected chi connectivity index (χ0v) is 14.7. The lowest BCUT2D eigenvalue weighted by atomic mass is 10.1. The Hall–Kier alpha value is -2.78. The van der Waals surface area contributed by atoms with Gasteiger partial charge >= 0.3 is 0 Å². The number of para-hydroxylation sites is 1. The van der Waals surface area contributed by atoms with Crippen molar-refractivity contribution in [2.75, 3.05) is 4.72 Å². The lowest BCUT2D eigenvalue weighted by molar-refractivity contribution is 0.555. The Kier molecular flexibility index (Phi) is 3.97. The third-order valence-electron chi connectivity index (χ3n) is 3.72. The average molecular weight is 391 g/mol. The molecule has 0 fully saturated rings. The Morgan fingerprint density at radius 3 is 2.73 bits per heavy atom. The van der Waals surface area contributed by atoms with E-state index in [4.69, 9.17) is 0 Å². The van der Waals surface area contributed by atoms with Gasteiger partial charge in [-0.05, 0) is 24.3 Å². The maximum absolute atomic E-state index is 13.9. The number of hydrogen-bond donors (Lipinski definition) is 1. The summed E-state index contributed by atoms with van der Waals surface area (Å²) in [6.45, 7) is 0. The Morgan fingerprint density at radius 2 is 1.92 bits per heavy atom. The fourth-order valence-electron chi connectivity index (χ4n) is 2.54. The van der Waals surface area contributed by atoms with E-state index in [-0.39, 0.29) is 5.69 Å². The number of benzene rings is 2. The van der Waals surface area contributed by atoms with Gasteiger partial charge in [-0.3, -0.25) is 9.12 Å². The highest BCUT2D eigenvalue weighted by Gasteiger charge is 2.22. The number of nitrogens with one attached hydrogen (secondary N) is 1. The van der Waals surface area contributed by atoms with Gasteiger partial charge in [0.1, 0.15) is 16.5 Å². The van der Waals surface area contributed by atoms with Crippen LogP contribution < -0.4 is 4.72 Å². The van der Waals surface area contributed by atoms with E-state index in [2.05, 4.69) is 9.71 Å². The first kappa shape index (κ1) is 16.7. The first-order valence-corrected chi connectivity index (χ1v) is 9.80. The van der Waals surface area contributed by atoms with Gasteiger partial charge in [0.15, 0.2) is 4.96 Å². The fourth-order valence-corrected chi connectivity index (χ4v) is 4.41. The van der Waals surface area contributed by atoms with Crippen LogP contribution in [0.15, 0.2) is 65.1 Å². The second-order valence-electron chi connectivity index (χ2n) is 5.44. The van der Waals surface area contributed by atoms with Crippen molar-refractivity contribution in [3.8, 4) is 11.3 Å². The van der Waals surface area contributed by atoms with E-state index in [0.29, 0.717) is 17.3 Å². The molecule has 1 N–H and O–H groups in total. The predicted octanol–water partition coefficient (Wildman–Crippen LogP) is 4.14. The van der Waals surface area contributed by atoms with Gasteiger partial charge in [-0.25, -0.2) is 22.2 Å². The zero-order valence-electron chi connectivity index (χ0n) is 13.1. The van der Waals surface area contributed by atoms with Crippen LogP contribution in [-0.4, -0.2) is 17.8 Å². The number of nitrogens with zero attached hydrogens (tertiary/aromatic N) is 2. The predicted molar refractivity (Wildman–Crippen MR) is 95.7 cm³/mol. The third-order valence-corrected chi connectivity index (χ3v) is 5.87. The molecular formula is C17H11F2N3O2S2. The quantitative estimate of drug-likeness (QED) is 0.569. The van der Waals surface area contributed by atoms with Crippen molar-refractivity contribution >= 4 is 32.0 Å². The van der Waals surface area contributed by atoms with E-state index < -0.39 is 26.6 Å². The molecule has 0 spiro atoms. The SMILES string of the molecule is O=S(=O)(Nc1ccccc1-c1cn2ccsc2n1)c1cc(F)ccc1F. The lowest BCUT2D eigenvalue weighted by Crippen LogP contribution is -2.15. The summed E-state index contributed by atoms with van der Waals surface area (Å²) in [4.78, 5) is 4.46. The molecule has 2 aromatic heterocycles. The largest absolute Gasteiger partial charge is 0.297 e. The molecule has 26 heavy (non-hydrogen) atoms. The molecule has 0 radical (unpaired) electrons. The maximum atomic E-state index is 13.9. The highest BCUT2D eigenvalue weighted by molar-refractivity contribution is 7.92. The van der Waals surface area contributed by atoms with Crippen LogP contribution in [0.3, 0.4) is 0 Å². The summed E-state index contributed by atoms with van der Waals surface area (Å²) >= 11 is 1.44. The summed E-state index contributed by atoms with van der Waals surface area (Å²) in [5.74, 6) is -1.87. The molecule has 4 aromatic rings. The molecule has 132 valence electrons. The standard InChI is InChI=1S/C17H11F2N3O2S2/c18-11-5-6-13(19)16(9-11)26(23,24)21-14-4-2-1-3-12(14)15-10-22-7-8-25-17(22)20-15/h1-10,21H. The van der Waals surface area contributed by atoms with E-state index >= 15 is 0 Å². The minimum absolute atomic E-state index is 0.224. The van der Waals surface area contributed by atoms with E-state index in [1.54, 1.807) is 24.4 Å². The highest BCUT2D eigenvalue weighted by atomic mass is 32.2. The summed E-state index contributed by atoms with van der Waals surface area (Å²) in [5.41, 5.74) is 1.32. The van der Waals surface area contributed by atoms with Crippen LogP contribution in [0.4, 0.5) is 14.5 Å². The molecule has 0 saturated carbocycles. The van der Waals surface area contributed by atoms with Gasteiger partial charge in [-0.15, -0.1) is 11.3 Å². The molecule has 0 atom stereocenters. The fraction of sp³-hybridized carbons (Fsp3) is 0. The van der Waals surface area contributed by atoms with Gasteiger partial charge in [0.05, 0.1) is 11.4 Å². The van der Waals surface area contributed by atoms with Crippen molar-refractivity contribution in [1.29, 1.82) is 0 Å². The monoisotopic (exact) mass is 391 g/mol. The molecule has 5 nitrogen and oxygen atoms in total. The Balaban J connectivity index is 1.77. The molecule has 0 aliphatic heterocycles. The second-order valence-corrected chi connectivity index (χ2v) is 7.97. The van der Waals surface area contributed by atoms with Crippen LogP contribution in [0, 0.1) is 11.6 Å². The van der Waals surface area contributed by atoms with Crippen LogP contribution in [0.5, 0.6) is 0 Å². The topological polar surface area (TPSA) is 63.5 Å². The first-order valence-electron chi connectivity index (χ1n) is 7.43. The van der Waals surface area contributed by atoms with E-state index in [1.165, 1.54) is 17.4 Å². The van der Waals surface area contributed by atoms with Gasteiger partial charge in [0.2, 0.25) is 0 Å². The number of hydrogen-bond acceptors (Lipinski definition) is 4. The summed E-state index contributed by atoms with van der Waals surface area (Å²) in [5, 5.41) is 1.88. The van der Waals surface area contributed by atoms with Crippen molar-refractivity contribution in [3.63, 3.8) is 0 Å². The molecule has 2 aromatic carbocycles. The third kappa shape index (κ3) is 2.95. The van der Waals surface area contributed by atoms with Gasteiger partial charge < -0.3 is 0 Å². The minimum atomic E-state index is -4.31. The Bertz CT molecular complexity index is 1190. The summed E-state index contributed by atoms with van der Waals surface area (Å²) in [6, 6.07) is 8.90. The van der Waals surface area contributed by atoms with Crippen molar-refractivity contribution in [2.24, 2.45) is 0 Å². The van der Waals surface area contributed by atoms with Crippen LogP contribution in [0.2, 0.25) is 0 Å². The Labute approximate surface area is 151 Å². The van der Waals surface area contributed by atoms with Gasteiger partial charge in [-0.1, -0.05) is 18.2 Å².